The molecule has 0 heterocycles. The van der Waals surface area contributed by atoms with E-state index in [1.165, 1.54) is 0 Å². The Bertz CT molecular complexity index is 274. The van der Waals surface area contributed by atoms with Gasteiger partial charge >= 0.3 is 6.18 Å². The molecule has 0 bridgehead atoms. The molecule has 0 aromatic carbocycles. The summed E-state index contributed by atoms with van der Waals surface area (Å²) in [4.78, 5) is 12.6. The fourth-order valence-corrected chi connectivity index (χ4v) is 2.57. The van der Waals surface area contributed by atoms with Crippen LogP contribution < -0.4 is 0 Å². The molecule has 0 aromatic heterocycles. The van der Waals surface area contributed by atoms with Gasteiger partial charge in [0.05, 0.1) is 6.61 Å². The Labute approximate surface area is 111 Å². The van der Waals surface area contributed by atoms with Crippen LogP contribution >= 0.6 is 0 Å². The largest absolute Gasteiger partial charge is 0.406 e. The number of halogens is 3. The van der Waals surface area contributed by atoms with Gasteiger partial charge in [0.2, 0.25) is 5.91 Å². The standard InChI is InChI=1S/C13H22F3NO2/c14-13(15,16)10-17(7-8-18)12(19)9-11-5-3-1-2-4-6-11/h11,18H,1-10H2. The van der Waals surface area contributed by atoms with E-state index >= 15 is 0 Å². The molecule has 1 fully saturated rings. The molecule has 19 heavy (non-hydrogen) atoms. The van der Waals surface area contributed by atoms with E-state index in [9.17, 15) is 18.0 Å². The van der Waals surface area contributed by atoms with E-state index in [0.717, 1.165) is 43.4 Å². The smallest absolute Gasteiger partial charge is 0.395 e. The molecule has 112 valence electrons. The van der Waals surface area contributed by atoms with Crippen molar-refractivity contribution in [3.8, 4) is 0 Å². The highest BCUT2D eigenvalue weighted by atomic mass is 19.4. The van der Waals surface area contributed by atoms with Gasteiger partial charge in [0.15, 0.2) is 0 Å². The van der Waals surface area contributed by atoms with Gasteiger partial charge in [-0.1, -0.05) is 25.7 Å². The average Bonchev–Trinajstić information content (AvgIpc) is 2.55. The first-order valence-corrected chi connectivity index (χ1v) is 6.88. The van der Waals surface area contributed by atoms with Crippen LogP contribution in [0.25, 0.3) is 0 Å². The Morgan fingerprint density at radius 3 is 2.21 bits per heavy atom. The summed E-state index contributed by atoms with van der Waals surface area (Å²) in [6.45, 7) is -1.95. The summed E-state index contributed by atoms with van der Waals surface area (Å²) in [6.07, 6.45) is 2.01. The zero-order chi connectivity index (χ0) is 14.3. The Kier molecular flexibility index (Phi) is 6.62. The van der Waals surface area contributed by atoms with Crippen molar-refractivity contribution in [1.82, 2.24) is 4.90 Å². The first kappa shape index (κ1) is 16.3. The van der Waals surface area contributed by atoms with Crippen molar-refractivity contribution in [1.29, 1.82) is 0 Å². The van der Waals surface area contributed by atoms with Crippen molar-refractivity contribution in [3.63, 3.8) is 0 Å². The van der Waals surface area contributed by atoms with Gasteiger partial charge in [-0.3, -0.25) is 4.79 Å². The minimum absolute atomic E-state index is 0.177. The number of carbonyl (C=O) groups is 1. The van der Waals surface area contributed by atoms with Crippen molar-refractivity contribution < 1.29 is 23.1 Å². The number of aliphatic hydroxyl groups excluding tert-OH is 1. The summed E-state index contributed by atoms with van der Waals surface area (Å²) in [5, 5.41) is 8.77. The van der Waals surface area contributed by atoms with E-state index in [1.54, 1.807) is 0 Å². The van der Waals surface area contributed by atoms with Crippen molar-refractivity contribution in [2.45, 2.75) is 51.1 Å². The maximum Gasteiger partial charge on any atom is 0.406 e. The molecule has 1 aliphatic carbocycles. The highest BCUT2D eigenvalue weighted by molar-refractivity contribution is 5.76. The predicted molar refractivity (Wildman–Crippen MR) is 65.5 cm³/mol. The molecule has 1 N–H and O–H groups in total. The molecule has 0 spiro atoms. The van der Waals surface area contributed by atoms with E-state index < -0.39 is 25.2 Å². The monoisotopic (exact) mass is 281 g/mol. The number of amides is 1. The van der Waals surface area contributed by atoms with Crippen molar-refractivity contribution in [2.24, 2.45) is 5.92 Å². The number of rotatable bonds is 5. The van der Waals surface area contributed by atoms with Crippen LogP contribution in [0.5, 0.6) is 0 Å². The van der Waals surface area contributed by atoms with Crippen LogP contribution in [-0.4, -0.2) is 41.8 Å². The molecule has 1 saturated carbocycles. The molecule has 3 nitrogen and oxygen atoms in total. The summed E-state index contributed by atoms with van der Waals surface area (Å²) in [5.41, 5.74) is 0. The van der Waals surface area contributed by atoms with E-state index in [2.05, 4.69) is 0 Å². The Morgan fingerprint density at radius 2 is 1.74 bits per heavy atom. The fourth-order valence-electron chi connectivity index (χ4n) is 2.57. The Morgan fingerprint density at radius 1 is 1.16 bits per heavy atom. The maximum atomic E-state index is 12.4. The van der Waals surface area contributed by atoms with E-state index in [-0.39, 0.29) is 18.9 Å². The summed E-state index contributed by atoms with van der Waals surface area (Å²) in [6, 6.07) is 0. The summed E-state index contributed by atoms with van der Waals surface area (Å²) in [5.74, 6) is -0.289. The van der Waals surface area contributed by atoms with E-state index in [0.29, 0.717) is 0 Å². The number of carbonyl (C=O) groups excluding carboxylic acids is 1. The van der Waals surface area contributed by atoms with E-state index in [4.69, 9.17) is 5.11 Å². The van der Waals surface area contributed by atoms with Gasteiger partial charge in [-0.15, -0.1) is 0 Å². The molecule has 1 aliphatic rings. The fraction of sp³-hybridized carbons (Fsp3) is 0.923. The van der Waals surface area contributed by atoms with Gasteiger partial charge in [-0.2, -0.15) is 13.2 Å². The molecule has 1 amide bonds. The van der Waals surface area contributed by atoms with Crippen molar-refractivity contribution in [3.05, 3.63) is 0 Å². The third kappa shape index (κ3) is 6.80. The first-order chi connectivity index (χ1) is 8.92. The van der Waals surface area contributed by atoms with Crippen LogP contribution in [0.3, 0.4) is 0 Å². The molecule has 0 unspecified atom stereocenters. The number of hydrogen-bond acceptors (Lipinski definition) is 2. The third-order valence-corrected chi connectivity index (χ3v) is 3.53. The zero-order valence-electron chi connectivity index (χ0n) is 11.1. The van der Waals surface area contributed by atoms with Crippen LogP contribution in [0.15, 0.2) is 0 Å². The highest BCUT2D eigenvalue weighted by Crippen LogP contribution is 2.26. The molecule has 0 saturated heterocycles. The molecule has 0 radical (unpaired) electrons. The topological polar surface area (TPSA) is 40.5 Å². The lowest BCUT2D eigenvalue weighted by molar-refractivity contribution is -0.162. The predicted octanol–water partition coefficient (Wildman–Crippen LogP) is 2.73. The highest BCUT2D eigenvalue weighted by Gasteiger charge is 2.33. The van der Waals surface area contributed by atoms with Crippen LogP contribution in [0.2, 0.25) is 0 Å². The average molecular weight is 281 g/mol. The number of hydrogen-bond donors (Lipinski definition) is 1. The summed E-state index contributed by atoms with van der Waals surface area (Å²) < 4.78 is 37.1. The van der Waals surface area contributed by atoms with Gasteiger partial charge < -0.3 is 10.0 Å². The quantitative estimate of drug-likeness (QED) is 0.787. The second-order valence-electron chi connectivity index (χ2n) is 5.22. The molecular weight excluding hydrogens is 259 g/mol. The molecular formula is C13H22F3NO2. The zero-order valence-corrected chi connectivity index (χ0v) is 11.1. The van der Waals surface area contributed by atoms with Gasteiger partial charge in [0.25, 0.3) is 0 Å². The minimum Gasteiger partial charge on any atom is -0.395 e. The first-order valence-electron chi connectivity index (χ1n) is 6.88. The number of nitrogens with zero attached hydrogens (tertiary/aromatic N) is 1. The van der Waals surface area contributed by atoms with Crippen LogP contribution in [0.4, 0.5) is 13.2 Å². The lowest BCUT2D eigenvalue weighted by atomic mass is 9.96. The van der Waals surface area contributed by atoms with E-state index in [1.807, 2.05) is 0 Å². The number of aliphatic hydroxyl groups is 1. The van der Waals surface area contributed by atoms with Gasteiger partial charge in [0, 0.05) is 13.0 Å². The third-order valence-electron chi connectivity index (χ3n) is 3.53. The summed E-state index contributed by atoms with van der Waals surface area (Å²) >= 11 is 0. The maximum absolute atomic E-state index is 12.4. The van der Waals surface area contributed by atoms with Gasteiger partial charge in [0.1, 0.15) is 6.54 Å². The van der Waals surface area contributed by atoms with Crippen molar-refractivity contribution >= 4 is 5.91 Å². The van der Waals surface area contributed by atoms with Gasteiger partial charge in [-0.25, -0.2) is 0 Å². The lowest BCUT2D eigenvalue weighted by Gasteiger charge is -2.25. The molecule has 0 aliphatic heterocycles. The normalized spacial score (nSPS) is 18.1. The molecule has 1 rings (SSSR count). The second-order valence-corrected chi connectivity index (χ2v) is 5.22. The van der Waals surface area contributed by atoms with Crippen molar-refractivity contribution in [2.75, 3.05) is 19.7 Å². The molecule has 6 heteroatoms. The molecule has 0 atom stereocenters. The van der Waals surface area contributed by atoms with Crippen LogP contribution in [-0.2, 0) is 4.79 Å². The Hall–Kier alpha value is -0.780. The SMILES string of the molecule is O=C(CC1CCCCCC1)N(CCO)CC(F)(F)F. The Balaban J connectivity index is 2.50. The molecule has 0 aromatic rings. The van der Waals surface area contributed by atoms with Gasteiger partial charge in [-0.05, 0) is 18.8 Å². The van der Waals surface area contributed by atoms with Crippen LogP contribution in [0, 0.1) is 5.92 Å². The van der Waals surface area contributed by atoms with Crippen LogP contribution in [0.1, 0.15) is 44.9 Å². The number of alkyl halides is 3. The second kappa shape index (κ2) is 7.72. The lowest BCUT2D eigenvalue weighted by Crippen LogP contribution is -2.41. The summed E-state index contributed by atoms with van der Waals surface area (Å²) in [7, 11) is 0. The minimum atomic E-state index is -4.41.